The van der Waals surface area contributed by atoms with Gasteiger partial charge in [0.2, 0.25) is 0 Å². The minimum atomic E-state index is -0.935. The molecule has 0 unspecified atom stereocenters. The van der Waals surface area contributed by atoms with Gasteiger partial charge in [-0.15, -0.1) is 11.8 Å². The molecule has 4 rings (SSSR count). The molecule has 2 heterocycles. The van der Waals surface area contributed by atoms with E-state index in [2.05, 4.69) is 0 Å². The highest BCUT2D eigenvalue weighted by Gasteiger charge is 2.76. The number of carbonyl (C=O) groups is 3. The summed E-state index contributed by atoms with van der Waals surface area (Å²) in [5.74, 6) is -0.0832. The van der Waals surface area contributed by atoms with Gasteiger partial charge < -0.3 is 0 Å². The third kappa shape index (κ3) is 0.963. The lowest BCUT2D eigenvalue weighted by Gasteiger charge is -2.63. The Balaban J connectivity index is 2.31. The Kier molecular flexibility index (Phi) is 1.71. The maximum Gasteiger partial charge on any atom is 0.161 e. The van der Waals surface area contributed by atoms with Crippen LogP contribution >= 0.6 is 11.8 Å². The van der Waals surface area contributed by atoms with Gasteiger partial charge in [-0.3, -0.25) is 14.4 Å². The molecule has 92 valence electrons. The smallest absolute Gasteiger partial charge is 0.161 e. The quantitative estimate of drug-likeness (QED) is 0.617. The maximum atomic E-state index is 12.5. The van der Waals surface area contributed by atoms with Crippen LogP contribution in [0.1, 0.15) is 40.5 Å². The standard InChI is InChI=1S/C13H16O3S/c1-10-5-12(3)9(16)11(2,7(10)14)6-13(4,17-12)8(10)15/h5-6H2,1-4H3/t10-,11-,12+,13+/m0/s1. The normalized spacial score (nSPS) is 56.8. The zero-order valence-corrected chi connectivity index (χ0v) is 11.4. The van der Waals surface area contributed by atoms with E-state index in [1.807, 2.05) is 13.8 Å². The number of Topliss-reactive ketones (excluding diaryl/α,β-unsaturated/α-hetero) is 3. The van der Waals surface area contributed by atoms with Crippen LogP contribution in [0, 0.1) is 10.8 Å². The van der Waals surface area contributed by atoms with Gasteiger partial charge in [-0.05, 0) is 40.5 Å². The molecule has 0 spiro atoms. The summed E-state index contributed by atoms with van der Waals surface area (Å²) in [4.78, 5) is 37.4. The summed E-state index contributed by atoms with van der Waals surface area (Å²) < 4.78 is -1.11. The van der Waals surface area contributed by atoms with E-state index in [1.165, 1.54) is 11.8 Å². The van der Waals surface area contributed by atoms with E-state index in [1.54, 1.807) is 13.8 Å². The lowest BCUT2D eigenvalue weighted by atomic mass is 9.48. The molecule has 4 heteroatoms. The van der Waals surface area contributed by atoms with Crippen molar-refractivity contribution in [3.63, 3.8) is 0 Å². The van der Waals surface area contributed by atoms with E-state index in [4.69, 9.17) is 0 Å². The van der Waals surface area contributed by atoms with E-state index in [0.717, 1.165) is 0 Å². The summed E-state index contributed by atoms with van der Waals surface area (Å²) in [7, 11) is 0. The number of hydrogen-bond donors (Lipinski definition) is 0. The van der Waals surface area contributed by atoms with Crippen molar-refractivity contribution in [3.8, 4) is 0 Å². The van der Waals surface area contributed by atoms with Crippen LogP contribution in [-0.4, -0.2) is 26.8 Å². The maximum absolute atomic E-state index is 12.5. The van der Waals surface area contributed by atoms with E-state index in [0.29, 0.717) is 12.8 Å². The predicted molar refractivity (Wildman–Crippen MR) is 64.9 cm³/mol. The monoisotopic (exact) mass is 252 g/mol. The molecule has 4 bridgehead atoms. The van der Waals surface area contributed by atoms with Crippen molar-refractivity contribution in [2.24, 2.45) is 10.8 Å². The Morgan fingerprint density at radius 1 is 0.765 bits per heavy atom. The molecule has 2 saturated carbocycles. The van der Waals surface area contributed by atoms with Crippen molar-refractivity contribution in [3.05, 3.63) is 0 Å². The molecular formula is C13H16O3S. The Labute approximate surface area is 105 Å². The summed E-state index contributed by atoms with van der Waals surface area (Å²) in [6.07, 6.45) is 0.763. The summed E-state index contributed by atoms with van der Waals surface area (Å²) in [5.41, 5.74) is -1.87. The van der Waals surface area contributed by atoms with Crippen molar-refractivity contribution in [2.45, 2.75) is 50.0 Å². The van der Waals surface area contributed by atoms with E-state index < -0.39 is 20.3 Å². The molecule has 2 aliphatic carbocycles. The molecule has 4 fully saturated rings. The Bertz CT molecular complexity index is 457. The first-order valence-electron chi connectivity index (χ1n) is 5.93. The van der Waals surface area contributed by atoms with Crippen LogP contribution in [0.25, 0.3) is 0 Å². The van der Waals surface area contributed by atoms with Crippen LogP contribution in [0.5, 0.6) is 0 Å². The van der Waals surface area contributed by atoms with Gasteiger partial charge in [0.05, 0.1) is 20.3 Å². The van der Waals surface area contributed by atoms with Gasteiger partial charge in [-0.25, -0.2) is 0 Å². The van der Waals surface area contributed by atoms with Gasteiger partial charge in [0.15, 0.2) is 17.3 Å². The van der Waals surface area contributed by atoms with Gasteiger partial charge in [0.1, 0.15) is 0 Å². The minimum absolute atomic E-state index is 0.0300. The number of ketones is 3. The lowest BCUT2D eigenvalue weighted by molar-refractivity contribution is -0.166. The van der Waals surface area contributed by atoms with Gasteiger partial charge in [-0.1, -0.05) is 0 Å². The van der Waals surface area contributed by atoms with Gasteiger partial charge in [0, 0.05) is 0 Å². The van der Waals surface area contributed by atoms with E-state index >= 15 is 0 Å². The molecule has 4 atom stereocenters. The van der Waals surface area contributed by atoms with Crippen LogP contribution in [0.2, 0.25) is 0 Å². The second kappa shape index (κ2) is 2.53. The summed E-state index contributed by atoms with van der Waals surface area (Å²) in [6.45, 7) is 7.26. The SMILES string of the molecule is C[C@]12C[C@@]3(C)S[C@](C)(C[C@@](C)(C1=O)C3=O)C2=O. The number of thioether (sulfide) groups is 1. The molecule has 4 aliphatic rings. The van der Waals surface area contributed by atoms with Crippen LogP contribution in [-0.2, 0) is 14.4 Å². The summed E-state index contributed by atoms with van der Waals surface area (Å²) in [5, 5.41) is 0. The van der Waals surface area contributed by atoms with Gasteiger partial charge in [0.25, 0.3) is 0 Å². The van der Waals surface area contributed by atoms with Crippen molar-refractivity contribution >= 4 is 29.1 Å². The molecule has 2 aliphatic heterocycles. The summed E-state index contributed by atoms with van der Waals surface area (Å²) in [6, 6.07) is 0. The Hall–Kier alpha value is -0.640. The molecular weight excluding hydrogens is 236 g/mol. The first-order chi connectivity index (χ1) is 7.59. The highest BCUT2D eigenvalue weighted by Crippen LogP contribution is 2.68. The topological polar surface area (TPSA) is 51.2 Å². The highest BCUT2D eigenvalue weighted by atomic mass is 32.2. The largest absolute Gasteiger partial charge is 0.297 e. The fraction of sp³-hybridized carbons (Fsp3) is 0.769. The van der Waals surface area contributed by atoms with E-state index in [9.17, 15) is 14.4 Å². The van der Waals surface area contributed by atoms with Gasteiger partial charge >= 0.3 is 0 Å². The molecule has 0 N–H and O–H groups in total. The zero-order valence-electron chi connectivity index (χ0n) is 10.5. The second-order valence-electron chi connectivity index (χ2n) is 6.57. The number of carbonyl (C=O) groups excluding carboxylic acids is 3. The average Bonchev–Trinajstić information content (AvgIpc) is 2.20. The number of hydrogen-bond acceptors (Lipinski definition) is 4. The predicted octanol–water partition coefficient (Wildman–Crippen LogP) is 1.78. The minimum Gasteiger partial charge on any atom is -0.297 e. The highest BCUT2D eigenvalue weighted by molar-refractivity contribution is 8.03. The molecule has 2 saturated heterocycles. The van der Waals surface area contributed by atoms with E-state index in [-0.39, 0.29) is 17.3 Å². The van der Waals surface area contributed by atoms with Crippen LogP contribution in [0.4, 0.5) is 0 Å². The third-order valence-electron chi connectivity index (χ3n) is 4.80. The van der Waals surface area contributed by atoms with Gasteiger partial charge in [-0.2, -0.15) is 0 Å². The van der Waals surface area contributed by atoms with Crippen molar-refractivity contribution in [2.75, 3.05) is 0 Å². The fourth-order valence-corrected chi connectivity index (χ4v) is 6.83. The molecule has 3 nitrogen and oxygen atoms in total. The molecule has 0 aromatic carbocycles. The van der Waals surface area contributed by atoms with Crippen LogP contribution in [0.3, 0.4) is 0 Å². The Morgan fingerprint density at radius 3 is 1.47 bits per heavy atom. The first-order valence-corrected chi connectivity index (χ1v) is 6.75. The Morgan fingerprint density at radius 2 is 1.12 bits per heavy atom. The van der Waals surface area contributed by atoms with Crippen LogP contribution < -0.4 is 0 Å². The molecule has 0 aromatic rings. The molecule has 0 radical (unpaired) electrons. The molecule has 0 amide bonds. The average molecular weight is 252 g/mol. The molecule has 0 aromatic heterocycles. The van der Waals surface area contributed by atoms with Crippen molar-refractivity contribution in [1.29, 1.82) is 0 Å². The first kappa shape index (κ1) is 11.5. The number of rotatable bonds is 0. The zero-order chi connectivity index (χ0) is 12.9. The second-order valence-corrected chi connectivity index (χ2v) is 8.58. The molecule has 17 heavy (non-hydrogen) atoms. The lowest BCUT2D eigenvalue weighted by Crippen LogP contribution is -2.75. The summed E-state index contributed by atoms with van der Waals surface area (Å²) >= 11 is 1.48. The third-order valence-corrected chi connectivity index (χ3v) is 6.36. The fourth-order valence-electron chi connectivity index (χ4n) is 4.48. The van der Waals surface area contributed by atoms with Crippen molar-refractivity contribution < 1.29 is 14.4 Å². The van der Waals surface area contributed by atoms with Crippen LogP contribution in [0.15, 0.2) is 0 Å². The van der Waals surface area contributed by atoms with Crippen molar-refractivity contribution in [1.82, 2.24) is 0 Å².